The number of amides is 1. The van der Waals surface area contributed by atoms with Crippen molar-refractivity contribution in [1.29, 1.82) is 0 Å². The molecule has 1 aliphatic heterocycles. The van der Waals surface area contributed by atoms with Gasteiger partial charge in [-0.2, -0.15) is 9.37 Å². The van der Waals surface area contributed by atoms with Crippen LogP contribution >= 0.6 is 0 Å². The summed E-state index contributed by atoms with van der Waals surface area (Å²) in [5.74, 6) is 0.598. The predicted octanol–water partition coefficient (Wildman–Crippen LogP) is 5.68. The monoisotopic (exact) mass is 492 g/mol. The third-order valence-corrected chi connectivity index (χ3v) is 6.28. The molecular formula is C28H21FN6O2. The fraction of sp³-hybridized carbons (Fsp3) is 0.0714. The van der Waals surface area contributed by atoms with Crippen molar-refractivity contribution in [3.05, 3.63) is 91.2 Å². The van der Waals surface area contributed by atoms with E-state index in [4.69, 9.17) is 4.74 Å². The number of nitrogens with one attached hydrogen (secondary N) is 2. The molecule has 5 aromatic rings. The van der Waals surface area contributed by atoms with Crippen molar-refractivity contribution >= 4 is 28.4 Å². The number of aromatic nitrogens is 4. The third-order valence-electron chi connectivity index (χ3n) is 6.28. The fourth-order valence-corrected chi connectivity index (χ4v) is 4.66. The van der Waals surface area contributed by atoms with Gasteiger partial charge in [0.05, 0.1) is 11.1 Å². The number of nitrogens with zero attached hydrogens (tertiary/aromatic N) is 4. The molecule has 8 nitrogen and oxygen atoms in total. The summed E-state index contributed by atoms with van der Waals surface area (Å²) in [6.07, 6.45) is 2.78. The molecule has 1 aliphatic rings. The van der Waals surface area contributed by atoms with Crippen LogP contribution in [0.15, 0.2) is 79.6 Å². The molecule has 0 atom stereocenters. The van der Waals surface area contributed by atoms with Gasteiger partial charge in [0, 0.05) is 30.9 Å². The molecule has 0 unspecified atom stereocenters. The van der Waals surface area contributed by atoms with Crippen molar-refractivity contribution in [3.8, 4) is 34.0 Å². The molecule has 1 amide bonds. The van der Waals surface area contributed by atoms with Crippen molar-refractivity contribution in [1.82, 2.24) is 19.5 Å². The van der Waals surface area contributed by atoms with Gasteiger partial charge in [0.1, 0.15) is 23.5 Å². The second-order valence-corrected chi connectivity index (χ2v) is 8.55. The number of benzene rings is 2. The van der Waals surface area contributed by atoms with E-state index in [9.17, 15) is 9.18 Å². The van der Waals surface area contributed by atoms with E-state index in [2.05, 4.69) is 32.2 Å². The summed E-state index contributed by atoms with van der Waals surface area (Å²) in [7, 11) is 1.97. The average molecular weight is 493 g/mol. The van der Waals surface area contributed by atoms with Crippen molar-refractivity contribution in [2.75, 3.05) is 10.6 Å². The van der Waals surface area contributed by atoms with Crippen LogP contribution in [-0.4, -0.2) is 25.4 Å². The number of carbonyl (C=O) groups excluding carboxylic acids is 1. The van der Waals surface area contributed by atoms with Crippen LogP contribution in [-0.2, 0) is 18.4 Å². The number of anilines is 2. The molecule has 0 fully saturated rings. The Bertz CT molecular complexity index is 1690. The number of ether oxygens (including phenoxy) is 1. The van der Waals surface area contributed by atoms with Gasteiger partial charge in [0.2, 0.25) is 17.7 Å². The second kappa shape index (κ2) is 8.87. The minimum Gasteiger partial charge on any atom is -0.439 e. The lowest BCUT2D eigenvalue weighted by Crippen LogP contribution is -2.07. The maximum absolute atomic E-state index is 13.5. The highest BCUT2D eigenvalue weighted by Gasteiger charge is 2.26. The van der Waals surface area contributed by atoms with E-state index in [1.807, 2.05) is 54.1 Å². The number of aryl methyl sites for hydroxylation is 1. The molecule has 0 aliphatic carbocycles. The molecule has 0 saturated heterocycles. The lowest BCUT2D eigenvalue weighted by Gasteiger charge is -2.14. The Morgan fingerprint density at radius 1 is 1.16 bits per heavy atom. The van der Waals surface area contributed by atoms with Crippen LogP contribution in [0, 0.1) is 5.95 Å². The standard InChI is InChI=1S/C28H21FN6O2/c1-3-22(36)33-18-9-7-16(8-10-18)26-24-20-12-11-19(37-23-6-4-5-21(29)34-23)13-17(20)14-30-27-25(24)28(35(26)2)32-15-31-27/h3-13,15H,1,14H2,2H3,(H,33,36)(H,30,31,32). The number of halogens is 1. The van der Waals surface area contributed by atoms with E-state index in [-0.39, 0.29) is 11.8 Å². The normalized spacial score (nSPS) is 11.8. The van der Waals surface area contributed by atoms with Crippen LogP contribution in [0.25, 0.3) is 33.4 Å². The van der Waals surface area contributed by atoms with Gasteiger partial charge >= 0.3 is 0 Å². The van der Waals surface area contributed by atoms with Crippen molar-refractivity contribution < 1.29 is 13.9 Å². The number of hydrogen-bond acceptors (Lipinski definition) is 6. The van der Waals surface area contributed by atoms with Crippen LogP contribution in [0.2, 0.25) is 0 Å². The third kappa shape index (κ3) is 3.96. The van der Waals surface area contributed by atoms with Gasteiger partial charge < -0.3 is 19.9 Å². The van der Waals surface area contributed by atoms with E-state index in [0.29, 0.717) is 18.0 Å². The highest BCUT2D eigenvalue weighted by molar-refractivity contribution is 6.09. The Labute approximate surface area is 211 Å². The van der Waals surface area contributed by atoms with Crippen molar-refractivity contribution in [2.45, 2.75) is 6.54 Å². The Balaban J connectivity index is 1.48. The summed E-state index contributed by atoms with van der Waals surface area (Å²) in [6.45, 7) is 4.01. The van der Waals surface area contributed by atoms with Crippen molar-refractivity contribution in [2.24, 2.45) is 7.05 Å². The Kier molecular flexibility index (Phi) is 5.37. The van der Waals surface area contributed by atoms with Gasteiger partial charge in [0.25, 0.3) is 0 Å². The molecule has 0 spiro atoms. The average Bonchev–Trinajstić information content (AvgIpc) is 3.10. The lowest BCUT2D eigenvalue weighted by molar-refractivity contribution is -0.111. The summed E-state index contributed by atoms with van der Waals surface area (Å²) in [5, 5.41) is 7.12. The van der Waals surface area contributed by atoms with E-state index in [0.717, 1.165) is 44.8 Å². The van der Waals surface area contributed by atoms with Crippen LogP contribution in [0.5, 0.6) is 11.6 Å². The molecule has 0 radical (unpaired) electrons. The first-order valence-corrected chi connectivity index (χ1v) is 11.6. The summed E-state index contributed by atoms with van der Waals surface area (Å²) in [5.41, 5.74) is 6.36. The second-order valence-electron chi connectivity index (χ2n) is 8.55. The molecule has 4 heterocycles. The Morgan fingerprint density at radius 3 is 2.78 bits per heavy atom. The van der Waals surface area contributed by atoms with Crippen molar-refractivity contribution in [3.63, 3.8) is 0 Å². The number of carbonyl (C=O) groups is 1. The van der Waals surface area contributed by atoms with E-state index >= 15 is 0 Å². The highest BCUT2D eigenvalue weighted by atomic mass is 19.1. The SMILES string of the molecule is C=CC(=O)Nc1ccc(-c2c3c4c(ncnc4n2C)NCc2cc(Oc4cccc(F)n4)ccc2-3)cc1. The maximum atomic E-state index is 13.5. The Hall–Kier alpha value is -5.05. The van der Waals surface area contributed by atoms with Gasteiger partial charge in [-0.25, -0.2) is 9.97 Å². The number of pyridine rings is 1. The van der Waals surface area contributed by atoms with Gasteiger partial charge in [-0.3, -0.25) is 4.79 Å². The molecule has 2 N–H and O–H groups in total. The van der Waals surface area contributed by atoms with Crippen LogP contribution in [0.3, 0.4) is 0 Å². The molecule has 182 valence electrons. The minimum absolute atomic E-state index is 0.183. The summed E-state index contributed by atoms with van der Waals surface area (Å²) >= 11 is 0. The topological polar surface area (TPSA) is 94.0 Å². The fourth-order valence-electron chi connectivity index (χ4n) is 4.66. The van der Waals surface area contributed by atoms with Gasteiger partial charge in [-0.05, 0) is 53.1 Å². The molecule has 0 saturated carbocycles. The maximum Gasteiger partial charge on any atom is 0.247 e. The van der Waals surface area contributed by atoms with E-state index in [1.165, 1.54) is 12.1 Å². The predicted molar refractivity (Wildman–Crippen MR) is 140 cm³/mol. The molecule has 37 heavy (non-hydrogen) atoms. The van der Waals surface area contributed by atoms with Crippen LogP contribution in [0.1, 0.15) is 5.56 Å². The van der Waals surface area contributed by atoms with Gasteiger partial charge in [-0.1, -0.05) is 30.8 Å². The smallest absolute Gasteiger partial charge is 0.247 e. The van der Waals surface area contributed by atoms with E-state index < -0.39 is 5.95 Å². The van der Waals surface area contributed by atoms with Gasteiger partial charge in [-0.15, -0.1) is 0 Å². The first-order valence-electron chi connectivity index (χ1n) is 11.6. The molecule has 0 bridgehead atoms. The van der Waals surface area contributed by atoms with Gasteiger partial charge in [0.15, 0.2) is 0 Å². The largest absolute Gasteiger partial charge is 0.439 e. The molecule has 9 heteroatoms. The number of rotatable bonds is 5. The molecule has 2 aromatic carbocycles. The van der Waals surface area contributed by atoms with E-state index in [1.54, 1.807) is 18.5 Å². The Morgan fingerprint density at radius 2 is 2.00 bits per heavy atom. The van der Waals surface area contributed by atoms with Crippen LogP contribution in [0.4, 0.5) is 15.9 Å². The minimum atomic E-state index is -0.602. The summed E-state index contributed by atoms with van der Waals surface area (Å²) < 4.78 is 21.4. The summed E-state index contributed by atoms with van der Waals surface area (Å²) in [4.78, 5) is 24.6. The highest BCUT2D eigenvalue weighted by Crippen LogP contribution is 2.46. The molecular weight excluding hydrogens is 471 g/mol. The van der Waals surface area contributed by atoms with Crippen LogP contribution < -0.4 is 15.4 Å². The number of hydrogen-bond donors (Lipinski definition) is 2. The zero-order chi connectivity index (χ0) is 25.5. The molecule has 3 aromatic heterocycles. The summed E-state index contributed by atoms with van der Waals surface area (Å²) in [6, 6.07) is 17.8. The number of fused-ring (bicyclic) bond motifs is 2. The first-order chi connectivity index (χ1) is 18.0. The molecule has 6 rings (SSSR count). The zero-order valence-electron chi connectivity index (χ0n) is 19.8. The lowest BCUT2D eigenvalue weighted by atomic mass is 9.95. The zero-order valence-corrected chi connectivity index (χ0v) is 19.8. The quantitative estimate of drug-likeness (QED) is 0.242. The first kappa shape index (κ1) is 22.4.